The Morgan fingerprint density at radius 3 is 2.95 bits per heavy atom. The zero-order chi connectivity index (χ0) is 14.3. The zero-order valence-electron chi connectivity index (χ0n) is 10.7. The van der Waals surface area contributed by atoms with E-state index in [4.69, 9.17) is 5.73 Å². The van der Waals surface area contributed by atoms with Crippen LogP contribution in [0.15, 0.2) is 40.6 Å². The smallest absolute Gasteiger partial charge is 0.266 e. The van der Waals surface area contributed by atoms with E-state index in [0.29, 0.717) is 21.8 Å². The van der Waals surface area contributed by atoms with Crippen LogP contribution >= 0.6 is 11.3 Å². The lowest BCUT2D eigenvalue weighted by Gasteiger charge is -2.11. The first-order chi connectivity index (χ1) is 9.58. The van der Waals surface area contributed by atoms with Gasteiger partial charge in [-0.3, -0.25) is 9.20 Å². The molecule has 0 aliphatic heterocycles. The zero-order valence-corrected chi connectivity index (χ0v) is 11.5. The summed E-state index contributed by atoms with van der Waals surface area (Å²) in [6, 6.07) is 5.50. The lowest BCUT2D eigenvalue weighted by Crippen LogP contribution is -2.21. The standard InChI is InChI=1S/C14H12FN3OS/c1-8(16)12-11(9-3-2-4-10(15)7-9)13(19)18-5-6-20-14(18)17-12/h2-8H,16H2,1H3. The number of benzene rings is 1. The van der Waals surface area contributed by atoms with Crippen LogP contribution in [-0.4, -0.2) is 9.38 Å². The first-order valence-electron chi connectivity index (χ1n) is 6.09. The minimum Gasteiger partial charge on any atom is -0.323 e. The summed E-state index contributed by atoms with van der Waals surface area (Å²) in [5, 5.41) is 1.78. The fraction of sp³-hybridized carbons (Fsp3) is 0.143. The van der Waals surface area contributed by atoms with Gasteiger partial charge in [-0.2, -0.15) is 0 Å². The molecule has 0 saturated carbocycles. The van der Waals surface area contributed by atoms with Crippen molar-refractivity contribution in [1.29, 1.82) is 0 Å². The van der Waals surface area contributed by atoms with Crippen LogP contribution in [0, 0.1) is 5.82 Å². The summed E-state index contributed by atoms with van der Waals surface area (Å²) in [4.78, 5) is 17.6. The number of thiazole rings is 1. The minimum absolute atomic E-state index is 0.228. The second-order valence-electron chi connectivity index (χ2n) is 4.53. The number of nitrogens with two attached hydrogens (primary N) is 1. The van der Waals surface area contributed by atoms with E-state index in [-0.39, 0.29) is 5.56 Å². The molecule has 1 aromatic carbocycles. The summed E-state index contributed by atoms with van der Waals surface area (Å²) in [5.41, 5.74) is 7.03. The third-order valence-electron chi connectivity index (χ3n) is 3.04. The van der Waals surface area contributed by atoms with E-state index < -0.39 is 11.9 Å². The van der Waals surface area contributed by atoms with E-state index in [2.05, 4.69) is 4.98 Å². The summed E-state index contributed by atoms with van der Waals surface area (Å²) in [7, 11) is 0. The lowest BCUT2D eigenvalue weighted by molar-refractivity contribution is 0.628. The molecule has 3 rings (SSSR count). The molecule has 2 aromatic heterocycles. The van der Waals surface area contributed by atoms with E-state index in [0.717, 1.165) is 0 Å². The number of fused-ring (bicyclic) bond motifs is 1. The Morgan fingerprint density at radius 1 is 1.45 bits per heavy atom. The van der Waals surface area contributed by atoms with Crippen LogP contribution in [0.2, 0.25) is 0 Å². The molecule has 102 valence electrons. The number of rotatable bonds is 2. The number of hydrogen-bond donors (Lipinski definition) is 1. The fourth-order valence-corrected chi connectivity index (χ4v) is 2.85. The Morgan fingerprint density at radius 2 is 2.25 bits per heavy atom. The molecule has 3 aromatic rings. The predicted octanol–water partition coefficient (Wildman–Crippen LogP) is 2.58. The SMILES string of the molecule is CC(N)c1nc2sccn2c(=O)c1-c1cccc(F)c1. The Kier molecular flexibility index (Phi) is 3.11. The molecule has 0 aliphatic carbocycles. The highest BCUT2D eigenvalue weighted by molar-refractivity contribution is 7.15. The van der Waals surface area contributed by atoms with E-state index in [1.54, 1.807) is 30.6 Å². The van der Waals surface area contributed by atoms with Crippen molar-refractivity contribution in [2.75, 3.05) is 0 Å². The first kappa shape index (κ1) is 13.0. The molecule has 0 bridgehead atoms. The minimum atomic E-state index is -0.409. The maximum atomic E-state index is 13.4. The second kappa shape index (κ2) is 4.81. The summed E-state index contributed by atoms with van der Waals surface area (Å²) in [6.07, 6.45) is 1.66. The molecular formula is C14H12FN3OS. The van der Waals surface area contributed by atoms with Gasteiger partial charge < -0.3 is 5.73 Å². The van der Waals surface area contributed by atoms with Crippen molar-refractivity contribution in [2.45, 2.75) is 13.0 Å². The number of nitrogens with zero attached hydrogens (tertiary/aromatic N) is 2. The third-order valence-corrected chi connectivity index (χ3v) is 3.80. The lowest BCUT2D eigenvalue weighted by atomic mass is 10.0. The molecule has 20 heavy (non-hydrogen) atoms. The molecule has 0 saturated heterocycles. The molecule has 1 unspecified atom stereocenters. The van der Waals surface area contributed by atoms with Crippen molar-refractivity contribution in [3.05, 3.63) is 57.7 Å². The highest BCUT2D eigenvalue weighted by atomic mass is 32.1. The predicted molar refractivity (Wildman–Crippen MR) is 77.3 cm³/mol. The number of aromatic nitrogens is 2. The topological polar surface area (TPSA) is 60.4 Å². The highest BCUT2D eigenvalue weighted by Gasteiger charge is 2.18. The van der Waals surface area contributed by atoms with Gasteiger partial charge in [0.15, 0.2) is 4.96 Å². The van der Waals surface area contributed by atoms with Crippen LogP contribution in [0.1, 0.15) is 18.7 Å². The van der Waals surface area contributed by atoms with Crippen molar-refractivity contribution in [1.82, 2.24) is 9.38 Å². The van der Waals surface area contributed by atoms with E-state index >= 15 is 0 Å². The second-order valence-corrected chi connectivity index (χ2v) is 5.40. The van der Waals surface area contributed by atoms with Crippen LogP contribution in [-0.2, 0) is 0 Å². The van der Waals surface area contributed by atoms with Crippen molar-refractivity contribution in [3.8, 4) is 11.1 Å². The Hall–Kier alpha value is -2.05. The molecule has 1 atom stereocenters. The van der Waals surface area contributed by atoms with Gasteiger partial charge in [0.1, 0.15) is 5.82 Å². The van der Waals surface area contributed by atoms with Crippen LogP contribution in [0.25, 0.3) is 16.1 Å². The van der Waals surface area contributed by atoms with Crippen LogP contribution in [0.4, 0.5) is 4.39 Å². The number of hydrogen-bond acceptors (Lipinski definition) is 4. The maximum Gasteiger partial charge on any atom is 0.266 e. The Balaban J connectivity index is 2.40. The van der Waals surface area contributed by atoms with Gasteiger partial charge in [0.05, 0.1) is 11.3 Å². The van der Waals surface area contributed by atoms with Gasteiger partial charge in [-0.1, -0.05) is 12.1 Å². The summed E-state index contributed by atoms with van der Waals surface area (Å²) < 4.78 is 14.9. The molecule has 2 N–H and O–H groups in total. The van der Waals surface area contributed by atoms with Crippen molar-refractivity contribution >= 4 is 16.3 Å². The summed E-state index contributed by atoms with van der Waals surface area (Å²) in [5.74, 6) is -0.395. The molecule has 2 heterocycles. The molecule has 0 fully saturated rings. The fourth-order valence-electron chi connectivity index (χ4n) is 2.14. The van der Waals surface area contributed by atoms with E-state index in [1.807, 2.05) is 0 Å². The molecule has 4 nitrogen and oxygen atoms in total. The van der Waals surface area contributed by atoms with Gasteiger partial charge in [0.2, 0.25) is 0 Å². The van der Waals surface area contributed by atoms with Gasteiger partial charge in [-0.15, -0.1) is 11.3 Å². The van der Waals surface area contributed by atoms with Crippen molar-refractivity contribution in [3.63, 3.8) is 0 Å². The largest absolute Gasteiger partial charge is 0.323 e. The molecule has 0 aliphatic rings. The maximum absolute atomic E-state index is 13.4. The molecule has 0 amide bonds. The third kappa shape index (κ3) is 2.03. The highest BCUT2D eigenvalue weighted by Crippen LogP contribution is 2.24. The van der Waals surface area contributed by atoms with Gasteiger partial charge in [-0.25, -0.2) is 9.37 Å². The Bertz CT molecular complexity index is 838. The molecular weight excluding hydrogens is 277 g/mol. The first-order valence-corrected chi connectivity index (χ1v) is 6.97. The number of halogens is 1. The Labute approximate surface area is 118 Å². The molecule has 0 radical (unpaired) electrons. The van der Waals surface area contributed by atoms with Gasteiger partial charge in [0, 0.05) is 17.6 Å². The average Bonchev–Trinajstić information content (AvgIpc) is 2.87. The van der Waals surface area contributed by atoms with Crippen molar-refractivity contribution in [2.24, 2.45) is 5.73 Å². The van der Waals surface area contributed by atoms with Gasteiger partial charge >= 0.3 is 0 Å². The van der Waals surface area contributed by atoms with Gasteiger partial charge in [-0.05, 0) is 24.6 Å². The average molecular weight is 289 g/mol. The summed E-state index contributed by atoms with van der Waals surface area (Å²) >= 11 is 1.36. The molecule has 6 heteroatoms. The summed E-state index contributed by atoms with van der Waals surface area (Å²) in [6.45, 7) is 1.76. The van der Waals surface area contributed by atoms with Crippen LogP contribution in [0.5, 0.6) is 0 Å². The van der Waals surface area contributed by atoms with Gasteiger partial charge in [0.25, 0.3) is 5.56 Å². The van der Waals surface area contributed by atoms with Crippen LogP contribution < -0.4 is 11.3 Å². The molecule has 0 spiro atoms. The van der Waals surface area contributed by atoms with Crippen LogP contribution in [0.3, 0.4) is 0 Å². The normalized spacial score (nSPS) is 12.8. The monoisotopic (exact) mass is 289 g/mol. The van der Waals surface area contributed by atoms with E-state index in [9.17, 15) is 9.18 Å². The quantitative estimate of drug-likeness (QED) is 0.788. The van der Waals surface area contributed by atoms with E-state index in [1.165, 1.54) is 27.9 Å². The van der Waals surface area contributed by atoms with Crippen molar-refractivity contribution < 1.29 is 4.39 Å².